The highest BCUT2D eigenvalue weighted by molar-refractivity contribution is 8.00. The van der Waals surface area contributed by atoms with E-state index in [9.17, 15) is 22.8 Å². The number of thioether (sulfide) groups is 1. The van der Waals surface area contributed by atoms with E-state index in [1.54, 1.807) is 48.5 Å². The van der Waals surface area contributed by atoms with Gasteiger partial charge in [-0.05, 0) is 48.5 Å². The molecule has 0 aliphatic heterocycles. The highest BCUT2D eigenvalue weighted by Gasteiger charge is 2.33. The van der Waals surface area contributed by atoms with Gasteiger partial charge in [-0.2, -0.15) is 13.2 Å². The molecule has 0 atom stereocenters. The number of carbonyl (C=O) groups is 2. The molecule has 0 radical (unpaired) electrons. The van der Waals surface area contributed by atoms with Gasteiger partial charge < -0.3 is 10.6 Å². The molecule has 3 aromatic carbocycles. The van der Waals surface area contributed by atoms with Gasteiger partial charge in [-0.25, -0.2) is 0 Å². The molecule has 31 heavy (non-hydrogen) atoms. The van der Waals surface area contributed by atoms with Crippen LogP contribution in [0.25, 0.3) is 0 Å². The summed E-state index contributed by atoms with van der Waals surface area (Å²) in [6.45, 7) is 0. The molecule has 2 N–H and O–H groups in total. The van der Waals surface area contributed by atoms with Crippen LogP contribution < -0.4 is 10.6 Å². The average Bonchev–Trinajstić information content (AvgIpc) is 2.72. The van der Waals surface area contributed by atoms with Gasteiger partial charge in [0.2, 0.25) is 5.91 Å². The Labute approximate surface area is 185 Å². The van der Waals surface area contributed by atoms with Crippen LogP contribution in [0.3, 0.4) is 0 Å². The number of rotatable bonds is 6. The summed E-state index contributed by atoms with van der Waals surface area (Å²) in [5, 5.41) is 5.48. The van der Waals surface area contributed by atoms with Crippen molar-refractivity contribution in [3.05, 3.63) is 88.9 Å². The predicted molar refractivity (Wildman–Crippen MR) is 117 cm³/mol. The van der Waals surface area contributed by atoms with Crippen molar-refractivity contribution < 1.29 is 22.8 Å². The zero-order chi connectivity index (χ0) is 22.4. The molecule has 0 unspecified atom stereocenters. The summed E-state index contributed by atoms with van der Waals surface area (Å²) in [6, 6.07) is 18.1. The van der Waals surface area contributed by atoms with Gasteiger partial charge in [0.15, 0.2) is 0 Å². The molecule has 0 heterocycles. The first-order valence-corrected chi connectivity index (χ1v) is 10.3. The van der Waals surface area contributed by atoms with Gasteiger partial charge in [0.1, 0.15) is 0 Å². The number of para-hydroxylation sites is 1. The number of anilines is 2. The van der Waals surface area contributed by atoms with Crippen LogP contribution in [0.4, 0.5) is 24.5 Å². The molecular weight excluding hydrogens is 449 g/mol. The van der Waals surface area contributed by atoms with Crippen LogP contribution >= 0.6 is 23.4 Å². The third-order valence-corrected chi connectivity index (χ3v) is 5.28. The molecule has 0 saturated carbocycles. The summed E-state index contributed by atoms with van der Waals surface area (Å²) >= 11 is 7.03. The number of carbonyl (C=O) groups excluding carboxylic acids is 2. The van der Waals surface area contributed by atoms with Gasteiger partial charge in [-0.15, -0.1) is 11.8 Å². The first-order chi connectivity index (χ1) is 14.7. The second-order valence-corrected chi connectivity index (χ2v) is 7.86. The minimum atomic E-state index is -4.56. The molecule has 0 aromatic heterocycles. The molecule has 3 rings (SSSR count). The Morgan fingerprint density at radius 1 is 0.903 bits per heavy atom. The number of benzene rings is 3. The minimum absolute atomic E-state index is 0.0993. The zero-order valence-corrected chi connectivity index (χ0v) is 17.4. The smallest absolute Gasteiger partial charge is 0.325 e. The highest BCUT2D eigenvalue weighted by atomic mass is 35.5. The number of halogens is 4. The molecule has 160 valence electrons. The Balaban J connectivity index is 1.60. The molecule has 0 fully saturated rings. The molecule has 4 nitrogen and oxygen atoms in total. The molecule has 0 saturated heterocycles. The molecule has 0 bridgehead atoms. The second kappa shape index (κ2) is 9.89. The number of hydrogen-bond acceptors (Lipinski definition) is 3. The first-order valence-electron chi connectivity index (χ1n) is 8.98. The maximum atomic E-state index is 13.0. The van der Waals surface area contributed by atoms with E-state index in [1.807, 2.05) is 0 Å². The topological polar surface area (TPSA) is 58.2 Å². The monoisotopic (exact) mass is 464 g/mol. The lowest BCUT2D eigenvalue weighted by Gasteiger charge is -2.13. The van der Waals surface area contributed by atoms with Crippen LogP contribution in [0, 0.1) is 0 Å². The number of nitrogens with one attached hydrogen (secondary N) is 2. The van der Waals surface area contributed by atoms with Gasteiger partial charge in [0.05, 0.1) is 17.0 Å². The fraction of sp³-hybridized carbons (Fsp3) is 0.0909. The Morgan fingerprint density at radius 3 is 2.39 bits per heavy atom. The van der Waals surface area contributed by atoms with Crippen molar-refractivity contribution in [1.29, 1.82) is 0 Å². The molecule has 2 amide bonds. The van der Waals surface area contributed by atoms with Crippen molar-refractivity contribution in [1.82, 2.24) is 0 Å². The number of amides is 2. The Kier molecular flexibility index (Phi) is 7.25. The summed E-state index contributed by atoms with van der Waals surface area (Å²) in [6.07, 6.45) is -4.56. The summed E-state index contributed by atoms with van der Waals surface area (Å²) in [7, 11) is 0. The Morgan fingerprint density at radius 2 is 1.65 bits per heavy atom. The third-order valence-electron chi connectivity index (χ3n) is 4.06. The maximum Gasteiger partial charge on any atom is 0.418 e. The van der Waals surface area contributed by atoms with Crippen LogP contribution in [0.5, 0.6) is 0 Å². The van der Waals surface area contributed by atoms with Crippen molar-refractivity contribution >= 4 is 46.6 Å². The standard InChI is InChI=1S/C22H16ClF3N2O2S/c23-15-6-3-5-14(11-15)21(30)27-16-7-4-8-17(12-16)31-13-20(29)28-19-10-2-1-9-18(19)22(24,25)26/h1-12H,13H2,(H,27,30)(H,28,29). The van der Waals surface area contributed by atoms with Gasteiger partial charge in [0.25, 0.3) is 5.91 Å². The molecular formula is C22H16ClF3N2O2S. The fourth-order valence-corrected chi connectivity index (χ4v) is 3.62. The van der Waals surface area contributed by atoms with Crippen molar-refractivity contribution in [3.63, 3.8) is 0 Å². The predicted octanol–water partition coefficient (Wildman–Crippen LogP) is 6.34. The average molecular weight is 465 g/mol. The van der Waals surface area contributed by atoms with E-state index >= 15 is 0 Å². The zero-order valence-electron chi connectivity index (χ0n) is 15.9. The van der Waals surface area contributed by atoms with Crippen LogP contribution in [-0.2, 0) is 11.0 Å². The molecule has 0 aliphatic rings. The summed E-state index contributed by atoms with van der Waals surface area (Å²) in [4.78, 5) is 25.2. The number of alkyl halides is 3. The maximum absolute atomic E-state index is 13.0. The molecule has 3 aromatic rings. The largest absolute Gasteiger partial charge is 0.418 e. The van der Waals surface area contributed by atoms with Crippen LogP contribution in [0.2, 0.25) is 5.02 Å². The van der Waals surface area contributed by atoms with Gasteiger partial charge in [-0.3, -0.25) is 9.59 Å². The second-order valence-electron chi connectivity index (χ2n) is 6.37. The lowest BCUT2D eigenvalue weighted by molar-refractivity contribution is -0.137. The van der Waals surface area contributed by atoms with Gasteiger partial charge in [-0.1, -0.05) is 35.9 Å². The third kappa shape index (κ3) is 6.50. The van der Waals surface area contributed by atoms with Crippen molar-refractivity contribution in [2.75, 3.05) is 16.4 Å². The fourth-order valence-electron chi connectivity index (χ4n) is 2.67. The van der Waals surface area contributed by atoms with Crippen molar-refractivity contribution in [3.8, 4) is 0 Å². The van der Waals surface area contributed by atoms with E-state index < -0.39 is 17.6 Å². The Hall–Kier alpha value is -2.97. The van der Waals surface area contributed by atoms with E-state index in [1.165, 1.54) is 18.2 Å². The first kappa shape index (κ1) is 22.7. The van der Waals surface area contributed by atoms with E-state index in [4.69, 9.17) is 11.6 Å². The van der Waals surface area contributed by atoms with Crippen molar-refractivity contribution in [2.45, 2.75) is 11.1 Å². The number of hydrogen-bond donors (Lipinski definition) is 2. The van der Waals surface area contributed by atoms with E-state index in [-0.39, 0.29) is 17.3 Å². The molecule has 9 heteroatoms. The normalized spacial score (nSPS) is 11.1. The van der Waals surface area contributed by atoms with E-state index in [0.717, 1.165) is 17.8 Å². The SMILES string of the molecule is O=C(CSc1cccc(NC(=O)c2cccc(Cl)c2)c1)Nc1ccccc1C(F)(F)F. The lowest BCUT2D eigenvalue weighted by atomic mass is 10.1. The van der Waals surface area contributed by atoms with E-state index in [2.05, 4.69) is 10.6 Å². The summed E-state index contributed by atoms with van der Waals surface area (Å²) < 4.78 is 39.1. The van der Waals surface area contributed by atoms with Crippen LogP contribution in [-0.4, -0.2) is 17.6 Å². The Bertz CT molecular complexity index is 1110. The summed E-state index contributed by atoms with van der Waals surface area (Å²) in [5.41, 5.74) is -0.284. The van der Waals surface area contributed by atoms with Crippen LogP contribution in [0.15, 0.2) is 77.7 Å². The minimum Gasteiger partial charge on any atom is -0.325 e. The lowest BCUT2D eigenvalue weighted by Crippen LogP contribution is -2.18. The van der Waals surface area contributed by atoms with Gasteiger partial charge in [0, 0.05) is 21.2 Å². The van der Waals surface area contributed by atoms with Gasteiger partial charge >= 0.3 is 6.18 Å². The summed E-state index contributed by atoms with van der Waals surface area (Å²) in [5.74, 6) is -1.01. The highest BCUT2D eigenvalue weighted by Crippen LogP contribution is 2.34. The van der Waals surface area contributed by atoms with Crippen molar-refractivity contribution in [2.24, 2.45) is 0 Å². The molecule has 0 aliphatic carbocycles. The van der Waals surface area contributed by atoms with E-state index in [0.29, 0.717) is 21.2 Å². The van der Waals surface area contributed by atoms with Crippen LogP contribution in [0.1, 0.15) is 15.9 Å². The quantitative estimate of drug-likeness (QED) is 0.418. The molecule has 0 spiro atoms.